The second-order valence-corrected chi connectivity index (χ2v) is 8.34. The van der Waals surface area contributed by atoms with Gasteiger partial charge in [0.05, 0.1) is 25.1 Å². The lowest BCUT2D eigenvalue weighted by molar-refractivity contribution is -0.146. The van der Waals surface area contributed by atoms with Crippen LogP contribution in [0.25, 0.3) is 0 Å². The molecule has 3 rings (SSSR count). The van der Waals surface area contributed by atoms with Crippen molar-refractivity contribution in [2.24, 2.45) is 5.92 Å². The van der Waals surface area contributed by atoms with Crippen molar-refractivity contribution < 1.29 is 28.6 Å². The Morgan fingerprint density at radius 2 is 1.76 bits per heavy atom. The molecule has 8 heteroatoms. The summed E-state index contributed by atoms with van der Waals surface area (Å²) >= 11 is 0. The highest BCUT2D eigenvalue weighted by Gasteiger charge is 2.55. The van der Waals surface area contributed by atoms with E-state index in [1.807, 2.05) is 30.3 Å². The van der Waals surface area contributed by atoms with E-state index in [4.69, 9.17) is 14.2 Å². The molecule has 2 fully saturated rings. The largest absolute Gasteiger partial charge is 0.469 e. The number of likely N-dealkylation sites (tertiary alicyclic amines) is 2. The fourth-order valence-corrected chi connectivity index (χ4v) is 3.99. The number of amides is 2. The molecule has 2 saturated heterocycles. The number of carbonyl (C=O) groups is 3. The number of esters is 1. The highest BCUT2D eigenvalue weighted by atomic mass is 16.6. The van der Waals surface area contributed by atoms with E-state index in [1.165, 1.54) is 7.11 Å². The molecule has 158 valence electrons. The number of hydrogen-bond acceptors (Lipinski definition) is 6. The first kappa shape index (κ1) is 21.0. The summed E-state index contributed by atoms with van der Waals surface area (Å²) in [4.78, 5) is 40.9. The van der Waals surface area contributed by atoms with Crippen molar-refractivity contribution in [2.45, 2.75) is 51.5 Å². The van der Waals surface area contributed by atoms with E-state index in [9.17, 15) is 14.4 Å². The Balaban J connectivity index is 1.73. The van der Waals surface area contributed by atoms with Crippen molar-refractivity contribution in [2.75, 3.05) is 20.2 Å². The standard InChI is InChI=1S/C21H28N2O6/c1-21(2,3)29-20(26)22-11-10-16-17(22)15(18(24)27-4)12-23(16)19(25)28-13-14-8-6-5-7-9-14/h5-9,15-17H,10-13H2,1-4H3/t15-,16-,17-/m1/s1. The molecule has 0 saturated carbocycles. The monoisotopic (exact) mass is 404 g/mol. The minimum Gasteiger partial charge on any atom is -0.469 e. The lowest BCUT2D eigenvalue weighted by Crippen LogP contribution is -2.47. The van der Waals surface area contributed by atoms with Crippen molar-refractivity contribution in [3.63, 3.8) is 0 Å². The molecule has 0 aromatic heterocycles. The maximum Gasteiger partial charge on any atom is 0.410 e. The van der Waals surface area contributed by atoms with Gasteiger partial charge in [-0.15, -0.1) is 0 Å². The van der Waals surface area contributed by atoms with Gasteiger partial charge in [0.2, 0.25) is 0 Å². The summed E-state index contributed by atoms with van der Waals surface area (Å²) in [6, 6.07) is 8.59. The quantitative estimate of drug-likeness (QED) is 0.569. The molecule has 0 bridgehead atoms. The van der Waals surface area contributed by atoms with Gasteiger partial charge < -0.3 is 24.0 Å². The molecule has 2 heterocycles. The third-order valence-electron chi connectivity index (χ3n) is 5.20. The smallest absolute Gasteiger partial charge is 0.410 e. The van der Waals surface area contributed by atoms with Gasteiger partial charge in [-0.2, -0.15) is 0 Å². The van der Waals surface area contributed by atoms with Gasteiger partial charge in [0.25, 0.3) is 0 Å². The molecule has 1 aromatic carbocycles. The molecule has 1 aromatic rings. The Morgan fingerprint density at radius 1 is 1.07 bits per heavy atom. The molecule has 2 amide bonds. The van der Waals surface area contributed by atoms with E-state index in [2.05, 4.69) is 0 Å². The molecular weight excluding hydrogens is 376 g/mol. The number of benzene rings is 1. The van der Waals surface area contributed by atoms with Crippen molar-refractivity contribution in [3.8, 4) is 0 Å². The second kappa shape index (κ2) is 8.31. The maximum absolute atomic E-state index is 12.7. The molecule has 29 heavy (non-hydrogen) atoms. The third-order valence-corrected chi connectivity index (χ3v) is 5.20. The third kappa shape index (κ3) is 4.63. The van der Waals surface area contributed by atoms with Crippen LogP contribution < -0.4 is 0 Å². The number of hydrogen-bond donors (Lipinski definition) is 0. The average molecular weight is 404 g/mol. The Labute approximate surface area is 170 Å². The lowest BCUT2D eigenvalue weighted by atomic mass is 10.00. The predicted octanol–water partition coefficient (Wildman–Crippen LogP) is 2.81. The van der Waals surface area contributed by atoms with Crippen molar-refractivity contribution in [3.05, 3.63) is 35.9 Å². The summed E-state index contributed by atoms with van der Waals surface area (Å²) in [5.41, 5.74) is 0.228. The van der Waals surface area contributed by atoms with Crippen LogP contribution in [-0.4, -0.2) is 65.8 Å². The number of ether oxygens (including phenoxy) is 3. The molecule has 0 aliphatic carbocycles. The van der Waals surface area contributed by atoms with Crippen LogP contribution in [0, 0.1) is 5.92 Å². The van der Waals surface area contributed by atoms with Gasteiger partial charge in [-0.05, 0) is 32.8 Å². The van der Waals surface area contributed by atoms with Crippen LogP contribution in [0.4, 0.5) is 9.59 Å². The zero-order valence-electron chi connectivity index (χ0n) is 17.3. The number of fused-ring (bicyclic) bond motifs is 1. The van der Waals surface area contributed by atoms with Gasteiger partial charge in [-0.1, -0.05) is 30.3 Å². The fourth-order valence-electron chi connectivity index (χ4n) is 3.99. The summed E-state index contributed by atoms with van der Waals surface area (Å²) in [5.74, 6) is -1.09. The highest BCUT2D eigenvalue weighted by molar-refractivity contribution is 5.79. The number of carbonyl (C=O) groups excluding carboxylic acids is 3. The van der Waals surface area contributed by atoms with Crippen LogP contribution in [0.3, 0.4) is 0 Å². The van der Waals surface area contributed by atoms with Crippen LogP contribution in [0.5, 0.6) is 0 Å². The molecule has 2 aliphatic heterocycles. The second-order valence-electron chi connectivity index (χ2n) is 8.34. The maximum atomic E-state index is 12.7. The minimum atomic E-state index is -0.650. The van der Waals surface area contributed by atoms with Gasteiger partial charge >= 0.3 is 18.2 Å². The van der Waals surface area contributed by atoms with E-state index < -0.39 is 35.7 Å². The zero-order valence-corrected chi connectivity index (χ0v) is 17.3. The molecule has 0 unspecified atom stereocenters. The molecule has 2 aliphatic rings. The van der Waals surface area contributed by atoms with Crippen LogP contribution in [-0.2, 0) is 25.6 Å². The van der Waals surface area contributed by atoms with Gasteiger partial charge in [0.15, 0.2) is 0 Å². The predicted molar refractivity (Wildman–Crippen MR) is 104 cm³/mol. The Hall–Kier alpha value is -2.77. The van der Waals surface area contributed by atoms with E-state index in [0.29, 0.717) is 13.0 Å². The Morgan fingerprint density at radius 3 is 2.38 bits per heavy atom. The number of rotatable bonds is 3. The molecule has 0 spiro atoms. The van der Waals surface area contributed by atoms with Crippen LogP contribution in [0.1, 0.15) is 32.8 Å². The summed E-state index contributed by atoms with van der Waals surface area (Å²) < 4.78 is 15.9. The van der Waals surface area contributed by atoms with Crippen molar-refractivity contribution in [1.82, 2.24) is 9.80 Å². The highest BCUT2D eigenvalue weighted by Crippen LogP contribution is 2.37. The van der Waals surface area contributed by atoms with E-state index in [-0.39, 0.29) is 19.2 Å². The first-order chi connectivity index (χ1) is 13.7. The minimum absolute atomic E-state index is 0.145. The summed E-state index contributed by atoms with van der Waals surface area (Å²) in [7, 11) is 1.31. The first-order valence-corrected chi connectivity index (χ1v) is 9.76. The number of methoxy groups -OCH3 is 1. The zero-order chi connectivity index (χ0) is 21.2. The van der Waals surface area contributed by atoms with E-state index in [1.54, 1.807) is 30.6 Å². The first-order valence-electron chi connectivity index (χ1n) is 9.76. The van der Waals surface area contributed by atoms with Crippen LogP contribution in [0.15, 0.2) is 30.3 Å². The van der Waals surface area contributed by atoms with E-state index in [0.717, 1.165) is 5.56 Å². The Bertz CT molecular complexity index is 760. The summed E-state index contributed by atoms with van der Waals surface area (Å²) in [6.07, 6.45) is -0.433. The summed E-state index contributed by atoms with van der Waals surface area (Å²) in [5, 5.41) is 0. The van der Waals surface area contributed by atoms with Crippen LogP contribution in [0.2, 0.25) is 0 Å². The van der Waals surface area contributed by atoms with E-state index >= 15 is 0 Å². The fraction of sp³-hybridized carbons (Fsp3) is 0.571. The van der Waals surface area contributed by atoms with Gasteiger partial charge in [0, 0.05) is 13.1 Å². The average Bonchev–Trinajstić information content (AvgIpc) is 3.25. The Kier molecular flexibility index (Phi) is 6.00. The SMILES string of the molecule is COC(=O)[C@@H]1CN(C(=O)OCc2ccccc2)[C@@H]2CCN(C(=O)OC(C)(C)C)[C@@H]21. The molecule has 0 radical (unpaired) electrons. The molecule has 0 N–H and O–H groups in total. The van der Waals surface area contributed by atoms with Crippen molar-refractivity contribution >= 4 is 18.2 Å². The van der Waals surface area contributed by atoms with Crippen LogP contribution >= 0.6 is 0 Å². The molecular formula is C21H28N2O6. The summed E-state index contributed by atoms with van der Waals surface area (Å²) in [6.45, 7) is 6.07. The molecule has 8 nitrogen and oxygen atoms in total. The van der Waals surface area contributed by atoms with Crippen molar-refractivity contribution in [1.29, 1.82) is 0 Å². The number of nitrogens with zero attached hydrogens (tertiary/aromatic N) is 2. The van der Waals surface area contributed by atoms with Gasteiger partial charge in [-0.25, -0.2) is 9.59 Å². The van der Waals surface area contributed by atoms with Gasteiger partial charge in [0.1, 0.15) is 12.2 Å². The lowest BCUT2D eigenvalue weighted by Gasteiger charge is -2.30. The van der Waals surface area contributed by atoms with Gasteiger partial charge in [-0.3, -0.25) is 4.79 Å². The normalized spacial score (nSPS) is 23.5. The topological polar surface area (TPSA) is 85.4 Å². The molecule has 3 atom stereocenters.